The summed E-state index contributed by atoms with van der Waals surface area (Å²) in [6.45, 7) is 3.24. The molecule has 2 heterocycles. The number of sulfonamides is 1. The SMILES string of the molecule is CC(=O)N1CCc2cc(S(=O)(=O)N3CCN(C(=O)Cc4ccccc4Cl)CC3)ccc21. The molecule has 31 heavy (non-hydrogen) atoms. The summed E-state index contributed by atoms with van der Waals surface area (Å²) in [5, 5.41) is 0.553. The maximum absolute atomic E-state index is 13.1. The largest absolute Gasteiger partial charge is 0.340 e. The van der Waals surface area contributed by atoms with Gasteiger partial charge in [-0.25, -0.2) is 8.42 Å². The smallest absolute Gasteiger partial charge is 0.243 e. The van der Waals surface area contributed by atoms with E-state index in [0.717, 1.165) is 16.8 Å². The zero-order valence-electron chi connectivity index (χ0n) is 17.3. The van der Waals surface area contributed by atoms with E-state index in [9.17, 15) is 18.0 Å². The van der Waals surface area contributed by atoms with Gasteiger partial charge in [-0.3, -0.25) is 9.59 Å². The van der Waals surface area contributed by atoms with Crippen molar-refractivity contribution in [3.05, 3.63) is 58.6 Å². The van der Waals surface area contributed by atoms with Crippen molar-refractivity contribution in [2.75, 3.05) is 37.6 Å². The maximum atomic E-state index is 13.1. The first-order valence-electron chi connectivity index (χ1n) is 10.2. The molecule has 2 aromatic rings. The van der Waals surface area contributed by atoms with Crippen molar-refractivity contribution >= 4 is 39.1 Å². The highest BCUT2D eigenvalue weighted by Crippen LogP contribution is 2.31. The monoisotopic (exact) mass is 461 g/mol. The van der Waals surface area contributed by atoms with Gasteiger partial charge in [0.1, 0.15) is 0 Å². The topological polar surface area (TPSA) is 78.0 Å². The maximum Gasteiger partial charge on any atom is 0.243 e. The summed E-state index contributed by atoms with van der Waals surface area (Å²) in [5.41, 5.74) is 2.41. The molecule has 0 radical (unpaired) electrons. The summed E-state index contributed by atoms with van der Waals surface area (Å²) in [6.07, 6.45) is 0.840. The quantitative estimate of drug-likeness (QED) is 0.700. The number of anilines is 1. The van der Waals surface area contributed by atoms with Crippen LogP contribution in [0.25, 0.3) is 0 Å². The van der Waals surface area contributed by atoms with E-state index < -0.39 is 10.0 Å². The lowest BCUT2D eigenvalue weighted by molar-refractivity contribution is -0.131. The normalized spacial score (nSPS) is 17.0. The van der Waals surface area contributed by atoms with E-state index in [1.165, 1.54) is 11.2 Å². The Kier molecular flexibility index (Phi) is 6.05. The summed E-state index contributed by atoms with van der Waals surface area (Å²) in [4.78, 5) is 27.9. The van der Waals surface area contributed by atoms with E-state index in [-0.39, 0.29) is 36.2 Å². The van der Waals surface area contributed by atoms with Crippen LogP contribution in [0.1, 0.15) is 18.1 Å². The fourth-order valence-corrected chi connectivity index (χ4v) is 5.78. The molecular weight excluding hydrogens is 438 g/mol. The van der Waals surface area contributed by atoms with Crippen molar-refractivity contribution in [3.63, 3.8) is 0 Å². The number of hydrogen-bond acceptors (Lipinski definition) is 4. The van der Waals surface area contributed by atoms with Crippen molar-refractivity contribution in [1.29, 1.82) is 0 Å². The average molecular weight is 462 g/mol. The molecule has 7 nitrogen and oxygen atoms in total. The molecule has 0 spiro atoms. The van der Waals surface area contributed by atoms with Crippen LogP contribution in [0, 0.1) is 0 Å². The molecule has 0 unspecified atom stereocenters. The van der Waals surface area contributed by atoms with Gasteiger partial charge in [-0.2, -0.15) is 4.31 Å². The number of carbonyl (C=O) groups excluding carboxylic acids is 2. The van der Waals surface area contributed by atoms with Crippen LogP contribution < -0.4 is 4.90 Å². The lowest BCUT2D eigenvalue weighted by atomic mass is 10.1. The van der Waals surface area contributed by atoms with E-state index in [4.69, 9.17) is 11.6 Å². The average Bonchev–Trinajstić information content (AvgIpc) is 3.19. The molecule has 9 heteroatoms. The predicted octanol–water partition coefficient (Wildman–Crippen LogP) is 2.32. The van der Waals surface area contributed by atoms with Gasteiger partial charge in [-0.1, -0.05) is 29.8 Å². The van der Waals surface area contributed by atoms with Gasteiger partial charge in [0.2, 0.25) is 21.8 Å². The Morgan fingerprint density at radius 1 is 1.00 bits per heavy atom. The van der Waals surface area contributed by atoms with Gasteiger partial charge in [-0.05, 0) is 41.8 Å². The number of halogens is 1. The molecule has 1 saturated heterocycles. The van der Waals surface area contributed by atoms with Crippen LogP contribution in [0.4, 0.5) is 5.69 Å². The minimum Gasteiger partial charge on any atom is -0.340 e. The van der Waals surface area contributed by atoms with Crippen molar-refractivity contribution in [2.24, 2.45) is 0 Å². The Balaban J connectivity index is 1.42. The van der Waals surface area contributed by atoms with Crippen molar-refractivity contribution in [3.8, 4) is 0 Å². The molecule has 0 atom stereocenters. The molecule has 164 valence electrons. The number of amides is 2. The summed E-state index contributed by atoms with van der Waals surface area (Å²) in [5.74, 6) is -0.112. The number of hydrogen-bond donors (Lipinski definition) is 0. The molecule has 4 rings (SSSR count). The molecule has 2 amide bonds. The van der Waals surface area contributed by atoms with Crippen LogP contribution in [0.5, 0.6) is 0 Å². The zero-order chi connectivity index (χ0) is 22.2. The number of rotatable bonds is 4. The first-order valence-corrected chi connectivity index (χ1v) is 12.0. The van der Waals surface area contributed by atoms with Crippen LogP contribution >= 0.6 is 11.6 Å². The lowest BCUT2D eigenvalue weighted by Gasteiger charge is -2.34. The van der Waals surface area contributed by atoms with Gasteiger partial charge < -0.3 is 9.80 Å². The number of benzene rings is 2. The second-order valence-corrected chi connectivity index (χ2v) is 10.1. The van der Waals surface area contributed by atoms with Gasteiger partial charge in [0, 0.05) is 50.4 Å². The van der Waals surface area contributed by atoms with Crippen molar-refractivity contribution < 1.29 is 18.0 Å². The third kappa shape index (κ3) is 4.33. The summed E-state index contributed by atoms with van der Waals surface area (Å²) >= 11 is 6.14. The Morgan fingerprint density at radius 2 is 1.71 bits per heavy atom. The fourth-order valence-electron chi connectivity index (χ4n) is 4.11. The second kappa shape index (κ2) is 8.61. The molecular formula is C22H24ClN3O4S. The van der Waals surface area contributed by atoms with Gasteiger partial charge in [0.25, 0.3) is 0 Å². The van der Waals surface area contributed by atoms with Crippen molar-refractivity contribution in [2.45, 2.75) is 24.7 Å². The van der Waals surface area contributed by atoms with Gasteiger partial charge >= 0.3 is 0 Å². The Morgan fingerprint density at radius 3 is 2.39 bits per heavy atom. The standard InChI is InChI=1S/C22H24ClN3O4S/c1-16(27)26-9-8-18-14-19(6-7-21(18)26)31(29,30)25-12-10-24(11-13-25)22(28)15-17-4-2-3-5-20(17)23/h2-7,14H,8-13,15H2,1H3. The minimum atomic E-state index is -3.67. The van der Waals surface area contributed by atoms with Crippen molar-refractivity contribution in [1.82, 2.24) is 9.21 Å². The Bertz CT molecular complexity index is 1130. The Hall–Kier alpha value is -2.42. The molecule has 0 aliphatic carbocycles. The molecule has 0 saturated carbocycles. The number of piperazine rings is 1. The molecule has 0 N–H and O–H groups in total. The van der Waals surface area contributed by atoms with Crippen LogP contribution in [0.2, 0.25) is 5.02 Å². The van der Waals surface area contributed by atoms with Gasteiger partial charge in [-0.15, -0.1) is 0 Å². The van der Waals surface area contributed by atoms with E-state index >= 15 is 0 Å². The van der Waals surface area contributed by atoms with Crippen LogP contribution in [-0.4, -0.2) is 62.2 Å². The van der Waals surface area contributed by atoms with Crippen LogP contribution in [0.3, 0.4) is 0 Å². The highest BCUT2D eigenvalue weighted by atomic mass is 35.5. The molecule has 2 aliphatic heterocycles. The summed E-state index contributed by atoms with van der Waals surface area (Å²) in [7, 11) is -3.67. The van der Waals surface area contributed by atoms with E-state index in [1.807, 2.05) is 18.2 Å². The van der Waals surface area contributed by atoms with Gasteiger partial charge in [0.15, 0.2) is 0 Å². The minimum absolute atomic E-state index is 0.0491. The first kappa shape index (κ1) is 21.8. The third-order valence-corrected chi connectivity index (χ3v) is 8.12. The molecule has 2 aliphatic rings. The molecule has 0 aromatic heterocycles. The summed E-state index contributed by atoms with van der Waals surface area (Å²) < 4.78 is 27.7. The number of fused-ring (bicyclic) bond motifs is 1. The predicted molar refractivity (Wildman–Crippen MR) is 119 cm³/mol. The van der Waals surface area contributed by atoms with E-state index in [2.05, 4.69) is 0 Å². The molecule has 0 bridgehead atoms. The molecule has 1 fully saturated rings. The zero-order valence-corrected chi connectivity index (χ0v) is 18.8. The lowest BCUT2D eigenvalue weighted by Crippen LogP contribution is -2.50. The fraction of sp³-hybridized carbons (Fsp3) is 0.364. The van der Waals surface area contributed by atoms with Gasteiger partial charge in [0.05, 0.1) is 11.3 Å². The van der Waals surface area contributed by atoms with Crippen LogP contribution in [0.15, 0.2) is 47.4 Å². The van der Waals surface area contributed by atoms with E-state index in [0.29, 0.717) is 31.1 Å². The summed E-state index contributed by atoms with van der Waals surface area (Å²) in [6, 6.07) is 12.2. The number of carbonyl (C=O) groups is 2. The molecule has 2 aromatic carbocycles. The highest BCUT2D eigenvalue weighted by Gasteiger charge is 2.32. The van der Waals surface area contributed by atoms with Crippen LogP contribution in [-0.2, 0) is 32.5 Å². The third-order valence-electron chi connectivity index (χ3n) is 5.86. The van der Waals surface area contributed by atoms with E-state index in [1.54, 1.807) is 34.1 Å². The highest BCUT2D eigenvalue weighted by molar-refractivity contribution is 7.89. The second-order valence-electron chi connectivity index (χ2n) is 7.76. The number of nitrogens with zero attached hydrogens (tertiary/aromatic N) is 3. The Labute approximate surface area is 187 Å². The first-order chi connectivity index (χ1) is 14.8.